The number of furan rings is 1. The third-order valence-electron chi connectivity index (χ3n) is 2.37. The maximum Gasteiger partial charge on any atom is 0.0981 e. The van der Waals surface area contributed by atoms with E-state index in [2.05, 4.69) is 17.2 Å². The number of benzene rings is 1. The summed E-state index contributed by atoms with van der Waals surface area (Å²) >= 11 is 0. The SMILES string of the molecule is [c]1nc2ccccc2cc1-c1ccoc1. The normalized spacial score (nSPS) is 10.7. The molecule has 2 nitrogen and oxygen atoms in total. The Morgan fingerprint density at radius 2 is 2.07 bits per heavy atom. The molecule has 0 spiro atoms. The molecule has 2 heterocycles. The Morgan fingerprint density at radius 3 is 2.93 bits per heavy atom. The molecule has 0 amide bonds. The molecule has 0 bridgehead atoms. The van der Waals surface area contributed by atoms with E-state index in [9.17, 15) is 0 Å². The highest BCUT2D eigenvalue weighted by Gasteiger charge is 2.01. The molecule has 0 saturated heterocycles. The lowest BCUT2D eigenvalue weighted by atomic mass is 10.1. The number of hydrogen-bond acceptors (Lipinski definition) is 2. The number of nitrogens with zero attached hydrogens (tertiary/aromatic N) is 1. The Morgan fingerprint density at radius 1 is 1.13 bits per heavy atom. The van der Waals surface area contributed by atoms with Crippen molar-refractivity contribution in [1.82, 2.24) is 4.98 Å². The largest absolute Gasteiger partial charge is 0.472 e. The van der Waals surface area contributed by atoms with Gasteiger partial charge in [-0.3, -0.25) is 0 Å². The molecule has 0 aliphatic heterocycles. The van der Waals surface area contributed by atoms with Gasteiger partial charge < -0.3 is 4.42 Å². The molecule has 0 aliphatic carbocycles. The lowest BCUT2D eigenvalue weighted by Crippen LogP contribution is -1.81. The van der Waals surface area contributed by atoms with Gasteiger partial charge >= 0.3 is 0 Å². The predicted octanol–water partition coefficient (Wildman–Crippen LogP) is 3.29. The van der Waals surface area contributed by atoms with Gasteiger partial charge in [0.25, 0.3) is 0 Å². The maximum absolute atomic E-state index is 5.03. The van der Waals surface area contributed by atoms with Crippen LogP contribution in [-0.2, 0) is 0 Å². The van der Waals surface area contributed by atoms with E-state index in [0.717, 1.165) is 22.0 Å². The molecular formula is C13H8NO. The van der Waals surface area contributed by atoms with Gasteiger partial charge in [-0.2, -0.15) is 0 Å². The summed E-state index contributed by atoms with van der Waals surface area (Å²) in [6, 6.07) is 12.0. The van der Waals surface area contributed by atoms with Gasteiger partial charge in [0.2, 0.25) is 0 Å². The number of para-hydroxylation sites is 1. The molecule has 15 heavy (non-hydrogen) atoms. The Bertz CT molecular complexity index is 584. The van der Waals surface area contributed by atoms with E-state index in [1.165, 1.54) is 0 Å². The van der Waals surface area contributed by atoms with E-state index in [1.807, 2.05) is 30.3 Å². The van der Waals surface area contributed by atoms with Gasteiger partial charge in [-0.15, -0.1) is 0 Å². The van der Waals surface area contributed by atoms with Gasteiger partial charge in [0.15, 0.2) is 0 Å². The van der Waals surface area contributed by atoms with Gasteiger partial charge in [-0.1, -0.05) is 18.2 Å². The lowest BCUT2D eigenvalue weighted by molar-refractivity contribution is 0.568. The van der Waals surface area contributed by atoms with Crippen LogP contribution in [0.5, 0.6) is 0 Å². The highest BCUT2D eigenvalue weighted by Crippen LogP contribution is 2.22. The molecule has 1 aromatic carbocycles. The molecule has 1 radical (unpaired) electrons. The lowest BCUT2D eigenvalue weighted by Gasteiger charge is -1.98. The fourth-order valence-electron chi connectivity index (χ4n) is 1.59. The van der Waals surface area contributed by atoms with Crippen LogP contribution in [0.4, 0.5) is 0 Å². The van der Waals surface area contributed by atoms with Gasteiger partial charge in [0, 0.05) is 16.5 Å². The van der Waals surface area contributed by atoms with Crippen molar-refractivity contribution in [1.29, 1.82) is 0 Å². The van der Waals surface area contributed by atoms with E-state index in [1.54, 1.807) is 12.5 Å². The van der Waals surface area contributed by atoms with Gasteiger partial charge in [-0.05, 0) is 18.2 Å². The summed E-state index contributed by atoms with van der Waals surface area (Å²) in [4.78, 5) is 4.27. The number of rotatable bonds is 1. The second kappa shape index (κ2) is 3.24. The number of fused-ring (bicyclic) bond motifs is 1. The summed E-state index contributed by atoms with van der Waals surface area (Å²) < 4.78 is 5.03. The van der Waals surface area contributed by atoms with Crippen molar-refractivity contribution in [3.05, 3.63) is 55.1 Å². The van der Waals surface area contributed by atoms with E-state index < -0.39 is 0 Å². The molecule has 0 atom stereocenters. The zero-order chi connectivity index (χ0) is 10.1. The van der Waals surface area contributed by atoms with Gasteiger partial charge in [-0.25, -0.2) is 4.98 Å². The summed E-state index contributed by atoms with van der Waals surface area (Å²) in [6.45, 7) is 0. The smallest absolute Gasteiger partial charge is 0.0981 e. The van der Waals surface area contributed by atoms with Crippen LogP contribution in [-0.4, -0.2) is 4.98 Å². The summed E-state index contributed by atoms with van der Waals surface area (Å²) in [7, 11) is 0. The van der Waals surface area contributed by atoms with Crippen molar-refractivity contribution < 1.29 is 4.42 Å². The van der Waals surface area contributed by atoms with E-state index in [4.69, 9.17) is 4.42 Å². The summed E-state index contributed by atoms with van der Waals surface area (Å²) in [6.07, 6.45) is 6.35. The minimum Gasteiger partial charge on any atom is -0.472 e. The minimum atomic E-state index is 0.961. The van der Waals surface area contributed by atoms with Crippen LogP contribution in [0.3, 0.4) is 0 Å². The van der Waals surface area contributed by atoms with Crippen LogP contribution >= 0.6 is 0 Å². The van der Waals surface area contributed by atoms with E-state index in [0.29, 0.717) is 0 Å². The highest BCUT2D eigenvalue weighted by atomic mass is 16.3. The zero-order valence-electron chi connectivity index (χ0n) is 7.97. The first-order valence-corrected chi connectivity index (χ1v) is 4.73. The summed E-state index contributed by atoms with van der Waals surface area (Å²) in [5, 5.41) is 1.12. The fraction of sp³-hybridized carbons (Fsp3) is 0. The summed E-state index contributed by atoms with van der Waals surface area (Å²) in [5.41, 5.74) is 2.93. The summed E-state index contributed by atoms with van der Waals surface area (Å²) in [5.74, 6) is 0. The number of aromatic nitrogens is 1. The third kappa shape index (κ3) is 1.40. The monoisotopic (exact) mass is 194 g/mol. The van der Waals surface area contributed by atoms with Crippen LogP contribution in [0, 0.1) is 6.20 Å². The molecule has 71 valence electrons. The fourth-order valence-corrected chi connectivity index (χ4v) is 1.59. The molecular weight excluding hydrogens is 186 g/mol. The van der Waals surface area contributed by atoms with Crippen molar-refractivity contribution in [3.63, 3.8) is 0 Å². The highest BCUT2D eigenvalue weighted by molar-refractivity contribution is 5.82. The molecule has 0 saturated carbocycles. The molecule has 2 heteroatoms. The van der Waals surface area contributed by atoms with E-state index >= 15 is 0 Å². The quantitative estimate of drug-likeness (QED) is 0.594. The average Bonchev–Trinajstić information content (AvgIpc) is 2.82. The van der Waals surface area contributed by atoms with Crippen LogP contribution < -0.4 is 0 Å². The third-order valence-corrected chi connectivity index (χ3v) is 2.37. The Kier molecular flexibility index (Phi) is 1.78. The van der Waals surface area contributed by atoms with Gasteiger partial charge in [0.1, 0.15) is 0 Å². The maximum atomic E-state index is 5.03. The Balaban J connectivity index is 2.22. The first kappa shape index (κ1) is 8.24. The van der Waals surface area contributed by atoms with Gasteiger partial charge in [0.05, 0.1) is 24.2 Å². The van der Waals surface area contributed by atoms with E-state index in [-0.39, 0.29) is 0 Å². The molecule has 3 aromatic rings. The minimum absolute atomic E-state index is 0.961. The zero-order valence-corrected chi connectivity index (χ0v) is 7.97. The topological polar surface area (TPSA) is 26.0 Å². The van der Waals surface area contributed by atoms with Crippen molar-refractivity contribution in [2.75, 3.05) is 0 Å². The average molecular weight is 194 g/mol. The molecule has 2 aromatic heterocycles. The van der Waals surface area contributed by atoms with Crippen molar-refractivity contribution in [3.8, 4) is 11.1 Å². The van der Waals surface area contributed by atoms with Crippen LogP contribution in [0.1, 0.15) is 0 Å². The molecule has 3 rings (SSSR count). The van der Waals surface area contributed by atoms with Crippen LogP contribution in [0.15, 0.2) is 53.3 Å². The standard InChI is InChI=1S/C13H8NO/c1-2-4-13-10(3-1)7-12(8-14-13)11-5-6-15-9-11/h1-7,9H. The van der Waals surface area contributed by atoms with Crippen molar-refractivity contribution >= 4 is 10.9 Å². The molecule has 0 N–H and O–H groups in total. The molecule has 0 aliphatic rings. The number of hydrogen-bond donors (Lipinski definition) is 0. The molecule has 0 unspecified atom stereocenters. The second-order valence-corrected chi connectivity index (χ2v) is 3.35. The van der Waals surface area contributed by atoms with Crippen molar-refractivity contribution in [2.24, 2.45) is 0 Å². The first-order chi connectivity index (χ1) is 7.43. The van der Waals surface area contributed by atoms with Crippen LogP contribution in [0.25, 0.3) is 22.0 Å². The Labute approximate surface area is 87.2 Å². The first-order valence-electron chi connectivity index (χ1n) is 4.73. The van der Waals surface area contributed by atoms with Crippen LogP contribution in [0.2, 0.25) is 0 Å². The Hall–Kier alpha value is -2.09. The second-order valence-electron chi connectivity index (χ2n) is 3.35. The predicted molar refractivity (Wildman–Crippen MR) is 58.3 cm³/mol. The molecule has 0 fully saturated rings. The van der Waals surface area contributed by atoms with Crippen molar-refractivity contribution in [2.45, 2.75) is 0 Å². The number of pyridine rings is 1.